The van der Waals surface area contributed by atoms with Gasteiger partial charge in [-0.2, -0.15) is 0 Å². The summed E-state index contributed by atoms with van der Waals surface area (Å²) in [7, 11) is 3.19. The first kappa shape index (κ1) is 20.8. The number of hydrogen-bond donors (Lipinski definition) is 2. The zero-order valence-electron chi connectivity index (χ0n) is 18.0. The first-order chi connectivity index (χ1) is 16.2. The Hall–Kier alpha value is -4.10. The fraction of sp³-hybridized carbons (Fsp3) is 0.0800. The van der Waals surface area contributed by atoms with Gasteiger partial charge in [0.05, 0.1) is 36.6 Å². The van der Waals surface area contributed by atoms with Crippen LogP contribution in [0.1, 0.15) is 0 Å². The van der Waals surface area contributed by atoms with Crippen molar-refractivity contribution in [3.05, 3.63) is 78.2 Å². The predicted molar refractivity (Wildman–Crippen MR) is 130 cm³/mol. The molecule has 8 heteroatoms. The molecule has 0 fully saturated rings. The maximum absolute atomic E-state index is 6.51. The number of imidazole rings is 1. The number of ether oxygens (including phenoxy) is 2. The molecular formula is C25H20ClN5O2. The van der Waals surface area contributed by atoms with Gasteiger partial charge in [0.25, 0.3) is 0 Å². The van der Waals surface area contributed by atoms with Gasteiger partial charge in [0.2, 0.25) is 0 Å². The molecule has 164 valence electrons. The smallest absolute Gasteiger partial charge is 0.162 e. The summed E-state index contributed by atoms with van der Waals surface area (Å²) in [4.78, 5) is 16.7. The van der Waals surface area contributed by atoms with E-state index in [1.807, 2.05) is 60.7 Å². The largest absolute Gasteiger partial charge is 0.493 e. The van der Waals surface area contributed by atoms with Crippen LogP contribution in [0.15, 0.2) is 73.2 Å². The number of anilines is 2. The molecule has 5 aromatic rings. The average Bonchev–Trinajstić information content (AvgIpc) is 3.35. The lowest BCUT2D eigenvalue weighted by Crippen LogP contribution is -1.98. The summed E-state index contributed by atoms with van der Waals surface area (Å²) in [6, 6.07) is 19.3. The third-order valence-electron chi connectivity index (χ3n) is 5.29. The number of H-pyrrole nitrogens is 1. The molecule has 3 aromatic carbocycles. The lowest BCUT2D eigenvalue weighted by Gasteiger charge is -2.13. The number of aromatic nitrogens is 4. The molecule has 0 bridgehead atoms. The van der Waals surface area contributed by atoms with Gasteiger partial charge < -0.3 is 19.8 Å². The van der Waals surface area contributed by atoms with Crippen molar-refractivity contribution in [1.29, 1.82) is 0 Å². The minimum Gasteiger partial charge on any atom is -0.493 e. The van der Waals surface area contributed by atoms with Crippen LogP contribution in [0.2, 0.25) is 5.02 Å². The standard InChI is InChI=1S/C25H20ClN5O2/c1-32-22-11-18-20(12-23(22)33-2)28-14-29-25(18)30-16-8-9-19(26)17(10-16)24-27-13-21(31-24)15-6-4-3-5-7-15/h3-14H,1-2H3,(H,27,31)(H,28,29,30). The SMILES string of the molecule is COc1cc2ncnc(Nc3ccc(Cl)c(-c4ncc(-c5ccccc5)[nH]4)c3)c2cc1OC. The molecule has 2 heterocycles. The Morgan fingerprint density at radius 1 is 0.879 bits per heavy atom. The van der Waals surface area contributed by atoms with Crippen molar-refractivity contribution in [2.45, 2.75) is 0 Å². The number of rotatable bonds is 6. The second-order valence-electron chi connectivity index (χ2n) is 7.28. The Bertz CT molecular complexity index is 1440. The van der Waals surface area contributed by atoms with E-state index in [4.69, 9.17) is 21.1 Å². The summed E-state index contributed by atoms with van der Waals surface area (Å²) in [5, 5.41) is 4.76. The molecule has 0 aliphatic carbocycles. The Balaban J connectivity index is 1.51. The van der Waals surface area contributed by atoms with E-state index in [0.717, 1.165) is 33.4 Å². The van der Waals surface area contributed by atoms with Crippen molar-refractivity contribution in [2.75, 3.05) is 19.5 Å². The van der Waals surface area contributed by atoms with Crippen LogP contribution in [0, 0.1) is 0 Å². The molecule has 33 heavy (non-hydrogen) atoms. The molecule has 0 spiro atoms. The highest BCUT2D eigenvalue weighted by Crippen LogP contribution is 2.36. The van der Waals surface area contributed by atoms with E-state index in [2.05, 4.69) is 25.3 Å². The van der Waals surface area contributed by atoms with E-state index in [1.165, 1.54) is 6.33 Å². The van der Waals surface area contributed by atoms with Crippen LogP contribution in [-0.4, -0.2) is 34.2 Å². The van der Waals surface area contributed by atoms with E-state index in [9.17, 15) is 0 Å². The summed E-state index contributed by atoms with van der Waals surface area (Å²) in [5.74, 6) is 2.53. The van der Waals surface area contributed by atoms with E-state index in [-0.39, 0.29) is 0 Å². The molecule has 0 aliphatic rings. The first-order valence-electron chi connectivity index (χ1n) is 10.2. The van der Waals surface area contributed by atoms with Crippen molar-refractivity contribution in [3.63, 3.8) is 0 Å². The maximum atomic E-state index is 6.51. The van der Waals surface area contributed by atoms with Crippen molar-refractivity contribution in [1.82, 2.24) is 19.9 Å². The molecule has 0 saturated carbocycles. The van der Waals surface area contributed by atoms with Crippen LogP contribution in [0.25, 0.3) is 33.5 Å². The number of aromatic amines is 1. The molecule has 0 atom stereocenters. The fourth-order valence-corrected chi connectivity index (χ4v) is 3.83. The van der Waals surface area contributed by atoms with Gasteiger partial charge in [-0.15, -0.1) is 0 Å². The number of nitrogens with zero attached hydrogens (tertiary/aromatic N) is 3. The van der Waals surface area contributed by atoms with Crippen LogP contribution in [0.4, 0.5) is 11.5 Å². The molecule has 2 aromatic heterocycles. The van der Waals surface area contributed by atoms with Gasteiger partial charge in [0, 0.05) is 22.7 Å². The second-order valence-corrected chi connectivity index (χ2v) is 7.68. The lowest BCUT2D eigenvalue weighted by molar-refractivity contribution is 0.356. The van der Waals surface area contributed by atoms with Crippen LogP contribution >= 0.6 is 11.6 Å². The van der Waals surface area contributed by atoms with E-state index in [1.54, 1.807) is 20.4 Å². The number of hydrogen-bond acceptors (Lipinski definition) is 6. The molecule has 0 saturated heterocycles. The quantitative estimate of drug-likeness (QED) is 0.320. The first-order valence-corrected chi connectivity index (χ1v) is 10.6. The Morgan fingerprint density at radius 3 is 2.45 bits per heavy atom. The predicted octanol–water partition coefficient (Wildman–Crippen LogP) is 6.10. The number of methoxy groups -OCH3 is 2. The molecule has 0 aliphatic heterocycles. The highest BCUT2D eigenvalue weighted by atomic mass is 35.5. The summed E-state index contributed by atoms with van der Waals surface area (Å²) < 4.78 is 10.8. The lowest BCUT2D eigenvalue weighted by atomic mass is 10.1. The van der Waals surface area contributed by atoms with Crippen LogP contribution in [0.3, 0.4) is 0 Å². The maximum Gasteiger partial charge on any atom is 0.162 e. The number of benzene rings is 3. The second kappa shape index (κ2) is 8.80. The third kappa shape index (κ3) is 4.06. The number of nitrogens with one attached hydrogen (secondary N) is 2. The van der Waals surface area contributed by atoms with Crippen LogP contribution in [0.5, 0.6) is 11.5 Å². The highest BCUT2D eigenvalue weighted by molar-refractivity contribution is 6.33. The molecule has 0 unspecified atom stereocenters. The molecule has 2 N–H and O–H groups in total. The number of halogens is 1. The molecular weight excluding hydrogens is 438 g/mol. The van der Waals surface area contributed by atoms with Gasteiger partial charge >= 0.3 is 0 Å². The van der Waals surface area contributed by atoms with Gasteiger partial charge in [0.1, 0.15) is 18.0 Å². The number of fused-ring (bicyclic) bond motifs is 1. The van der Waals surface area contributed by atoms with E-state index in [0.29, 0.717) is 28.2 Å². The normalized spacial score (nSPS) is 10.9. The van der Waals surface area contributed by atoms with Gasteiger partial charge in [-0.05, 0) is 29.8 Å². The Kier molecular flexibility index (Phi) is 5.54. The highest BCUT2D eigenvalue weighted by Gasteiger charge is 2.13. The molecule has 5 rings (SSSR count). The van der Waals surface area contributed by atoms with Crippen LogP contribution < -0.4 is 14.8 Å². The van der Waals surface area contributed by atoms with Gasteiger partial charge in [0.15, 0.2) is 11.5 Å². The minimum absolute atomic E-state index is 0.591. The van der Waals surface area contributed by atoms with Crippen molar-refractivity contribution in [2.24, 2.45) is 0 Å². The Morgan fingerprint density at radius 2 is 1.67 bits per heavy atom. The van der Waals surface area contributed by atoms with E-state index >= 15 is 0 Å². The third-order valence-corrected chi connectivity index (χ3v) is 5.62. The Labute approximate surface area is 195 Å². The topological polar surface area (TPSA) is 85.0 Å². The van der Waals surface area contributed by atoms with E-state index < -0.39 is 0 Å². The molecule has 0 amide bonds. The van der Waals surface area contributed by atoms with Gasteiger partial charge in [-0.1, -0.05) is 41.9 Å². The zero-order valence-corrected chi connectivity index (χ0v) is 18.7. The average molecular weight is 458 g/mol. The van der Waals surface area contributed by atoms with Gasteiger partial charge in [-0.3, -0.25) is 0 Å². The molecule has 7 nitrogen and oxygen atoms in total. The summed E-state index contributed by atoms with van der Waals surface area (Å²) >= 11 is 6.51. The fourth-order valence-electron chi connectivity index (χ4n) is 3.63. The zero-order chi connectivity index (χ0) is 22.8. The minimum atomic E-state index is 0.591. The molecule has 0 radical (unpaired) electrons. The summed E-state index contributed by atoms with van der Waals surface area (Å²) in [5.41, 5.74) is 4.29. The van der Waals surface area contributed by atoms with Crippen molar-refractivity contribution >= 4 is 34.0 Å². The summed E-state index contributed by atoms with van der Waals surface area (Å²) in [6.45, 7) is 0. The summed E-state index contributed by atoms with van der Waals surface area (Å²) in [6.07, 6.45) is 3.31. The van der Waals surface area contributed by atoms with Crippen LogP contribution in [-0.2, 0) is 0 Å². The van der Waals surface area contributed by atoms with Gasteiger partial charge in [-0.25, -0.2) is 15.0 Å². The van der Waals surface area contributed by atoms with Crippen molar-refractivity contribution < 1.29 is 9.47 Å². The van der Waals surface area contributed by atoms with Crippen molar-refractivity contribution in [3.8, 4) is 34.1 Å². The monoisotopic (exact) mass is 457 g/mol.